The van der Waals surface area contributed by atoms with Gasteiger partial charge in [0.2, 0.25) is 0 Å². The molecule has 1 atom stereocenters. The van der Waals surface area contributed by atoms with Crippen molar-refractivity contribution >= 4 is 29.9 Å². The zero-order valence-corrected chi connectivity index (χ0v) is 20.3. The number of benzene rings is 2. The number of nitrogens with zero attached hydrogens (tertiary/aromatic N) is 1. The van der Waals surface area contributed by atoms with Crippen molar-refractivity contribution in [3.05, 3.63) is 59.7 Å². The highest BCUT2D eigenvalue weighted by Gasteiger charge is 2.29. The Kier molecular flexibility index (Phi) is 12.2. The average Bonchev–Trinajstić information content (AvgIpc) is 2.76. The first-order valence-electron chi connectivity index (χ1n) is 9.94. The molecule has 0 heterocycles. The fraction of sp³-hybridized carbons (Fsp3) is 0.409. The summed E-state index contributed by atoms with van der Waals surface area (Å²) in [5.41, 5.74) is 1.60. The summed E-state index contributed by atoms with van der Waals surface area (Å²) in [4.78, 5) is 4.48. The highest BCUT2D eigenvalue weighted by Crippen LogP contribution is 2.30. The van der Waals surface area contributed by atoms with Crippen LogP contribution < -0.4 is 20.1 Å². The van der Waals surface area contributed by atoms with E-state index >= 15 is 0 Å². The first kappa shape index (κ1) is 27.8. The molecule has 0 spiro atoms. The summed E-state index contributed by atoms with van der Waals surface area (Å²) >= 11 is 0. The van der Waals surface area contributed by atoms with Crippen LogP contribution in [0.2, 0.25) is 0 Å². The summed E-state index contributed by atoms with van der Waals surface area (Å²) in [5.74, 6) is 0.799. The summed E-state index contributed by atoms with van der Waals surface area (Å²) in [7, 11) is 1.37. The van der Waals surface area contributed by atoms with Crippen molar-refractivity contribution in [2.24, 2.45) is 4.99 Å². The Morgan fingerprint density at radius 1 is 1.09 bits per heavy atom. The number of methoxy groups -OCH3 is 1. The van der Waals surface area contributed by atoms with Crippen LogP contribution in [0.3, 0.4) is 0 Å². The van der Waals surface area contributed by atoms with Crippen LogP contribution in [0.1, 0.15) is 30.6 Å². The van der Waals surface area contributed by atoms with Gasteiger partial charge in [0.05, 0.1) is 19.8 Å². The molecule has 2 rings (SSSR count). The number of hydrogen-bond donors (Lipinski definition) is 3. The number of aliphatic imine (C=N–C) groups is 1. The fourth-order valence-electron chi connectivity index (χ4n) is 2.77. The number of halogens is 4. The molecule has 2 aromatic rings. The van der Waals surface area contributed by atoms with Gasteiger partial charge in [-0.2, -0.15) is 13.2 Å². The Balaban J connectivity index is 0.00000512. The number of ether oxygens (including phenoxy) is 2. The summed E-state index contributed by atoms with van der Waals surface area (Å²) in [6, 6.07) is 14.1. The number of alkyl halides is 3. The van der Waals surface area contributed by atoms with Crippen molar-refractivity contribution < 1.29 is 27.8 Å². The second-order valence-corrected chi connectivity index (χ2v) is 6.73. The van der Waals surface area contributed by atoms with Crippen LogP contribution in [0.5, 0.6) is 11.5 Å². The molecule has 1 unspecified atom stereocenters. The maximum absolute atomic E-state index is 12.4. The van der Waals surface area contributed by atoms with Gasteiger partial charge in [0, 0.05) is 13.1 Å². The van der Waals surface area contributed by atoms with Crippen molar-refractivity contribution in [1.82, 2.24) is 10.6 Å². The summed E-state index contributed by atoms with van der Waals surface area (Å²) in [6.07, 6.45) is -4.49. The monoisotopic (exact) mass is 567 g/mol. The Bertz CT molecular complexity index is 836. The molecular formula is C22H29F3IN3O3. The first-order chi connectivity index (χ1) is 14.8. The van der Waals surface area contributed by atoms with Crippen molar-refractivity contribution in [2.75, 3.05) is 26.8 Å². The van der Waals surface area contributed by atoms with Crippen LogP contribution in [0, 0.1) is 0 Å². The van der Waals surface area contributed by atoms with E-state index in [1.165, 1.54) is 13.2 Å². The minimum absolute atomic E-state index is 0. The Morgan fingerprint density at radius 3 is 2.44 bits per heavy atom. The average molecular weight is 567 g/mol. The third-order valence-corrected chi connectivity index (χ3v) is 4.28. The molecule has 0 saturated heterocycles. The number of hydrogen-bond acceptors (Lipinski definition) is 4. The molecule has 6 nitrogen and oxygen atoms in total. The normalized spacial score (nSPS) is 12.5. The predicted octanol–water partition coefficient (Wildman–Crippen LogP) is 4.43. The van der Waals surface area contributed by atoms with Gasteiger partial charge in [-0.15, -0.1) is 24.0 Å². The SMILES string of the molecule is CCNC(=NCc1ccc(OCC(F)(F)F)c(OC)c1)NCCC(O)c1ccccc1.I. The molecule has 0 radical (unpaired) electrons. The van der Waals surface area contributed by atoms with E-state index in [0.717, 1.165) is 11.1 Å². The van der Waals surface area contributed by atoms with Gasteiger partial charge in [0.1, 0.15) is 0 Å². The third kappa shape index (κ3) is 9.94. The van der Waals surface area contributed by atoms with E-state index < -0.39 is 18.9 Å². The first-order valence-corrected chi connectivity index (χ1v) is 9.94. The van der Waals surface area contributed by atoms with Crippen LogP contribution in [0.15, 0.2) is 53.5 Å². The van der Waals surface area contributed by atoms with Crippen LogP contribution in [0.25, 0.3) is 0 Å². The Hall–Kier alpha value is -2.21. The van der Waals surface area contributed by atoms with E-state index in [2.05, 4.69) is 15.6 Å². The van der Waals surface area contributed by atoms with Crippen molar-refractivity contribution in [3.8, 4) is 11.5 Å². The van der Waals surface area contributed by atoms with Crippen LogP contribution in [0.4, 0.5) is 13.2 Å². The number of nitrogens with one attached hydrogen (secondary N) is 2. The quantitative estimate of drug-likeness (QED) is 0.225. The minimum Gasteiger partial charge on any atom is -0.493 e. The van der Waals surface area contributed by atoms with Crippen LogP contribution in [-0.2, 0) is 6.54 Å². The lowest BCUT2D eigenvalue weighted by molar-refractivity contribution is -0.153. The molecule has 0 saturated carbocycles. The highest BCUT2D eigenvalue weighted by molar-refractivity contribution is 14.0. The van der Waals surface area contributed by atoms with Gasteiger partial charge in [-0.05, 0) is 36.6 Å². The second kappa shape index (κ2) is 14.0. The molecule has 2 aromatic carbocycles. The Morgan fingerprint density at radius 2 is 1.81 bits per heavy atom. The summed E-state index contributed by atoms with van der Waals surface area (Å²) in [6.45, 7) is 2.00. The lowest BCUT2D eigenvalue weighted by Gasteiger charge is -2.15. The van der Waals surface area contributed by atoms with Gasteiger partial charge in [-0.1, -0.05) is 36.4 Å². The summed E-state index contributed by atoms with van der Waals surface area (Å²) < 4.78 is 47.0. The maximum atomic E-state index is 12.4. The van der Waals surface area contributed by atoms with Gasteiger partial charge in [-0.3, -0.25) is 0 Å². The van der Waals surface area contributed by atoms with Crippen molar-refractivity contribution in [2.45, 2.75) is 32.2 Å². The second-order valence-electron chi connectivity index (χ2n) is 6.73. The van der Waals surface area contributed by atoms with E-state index in [0.29, 0.717) is 25.5 Å². The lowest BCUT2D eigenvalue weighted by Crippen LogP contribution is -2.38. The molecule has 0 aliphatic carbocycles. The van der Waals surface area contributed by atoms with E-state index in [1.54, 1.807) is 12.1 Å². The summed E-state index contributed by atoms with van der Waals surface area (Å²) in [5, 5.41) is 16.5. The van der Waals surface area contributed by atoms with Gasteiger partial charge in [0.15, 0.2) is 24.1 Å². The zero-order chi connectivity index (χ0) is 22.7. The van der Waals surface area contributed by atoms with Crippen molar-refractivity contribution in [1.29, 1.82) is 0 Å². The maximum Gasteiger partial charge on any atom is 0.422 e. The highest BCUT2D eigenvalue weighted by atomic mass is 127. The zero-order valence-electron chi connectivity index (χ0n) is 18.0. The molecule has 0 bridgehead atoms. The minimum atomic E-state index is -4.42. The molecule has 0 fully saturated rings. The van der Waals surface area contributed by atoms with E-state index in [9.17, 15) is 18.3 Å². The van der Waals surface area contributed by atoms with E-state index in [1.807, 2.05) is 37.3 Å². The van der Waals surface area contributed by atoms with Gasteiger partial charge < -0.3 is 25.2 Å². The Labute approximate surface area is 203 Å². The molecule has 178 valence electrons. The largest absolute Gasteiger partial charge is 0.493 e. The fourth-order valence-corrected chi connectivity index (χ4v) is 2.77. The number of rotatable bonds is 10. The van der Waals surface area contributed by atoms with Crippen LogP contribution in [-0.4, -0.2) is 44.0 Å². The molecule has 0 aromatic heterocycles. The van der Waals surface area contributed by atoms with Crippen molar-refractivity contribution in [3.63, 3.8) is 0 Å². The predicted molar refractivity (Wildman–Crippen MR) is 129 cm³/mol. The number of aliphatic hydroxyl groups excluding tert-OH is 1. The molecule has 32 heavy (non-hydrogen) atoms. The standard InChI is InChI=1S/C22H28F3N3O3.HI/c1-3-26-21(27-12-11-18(29)17-7-5-4-6-8-17)28-14-16-9-10-19(20(13-16)30-2)31-15-22(23,24)25;/h4-10,13,18,29H,3,11-12,14-15H2,1-2H3,(H2,26,27,28);1H. The van der Waals surface area contributed by atoms with Crippen LogP contribution >= 0.6 is 24.0 Å². The molecule has 0 aliphatic rings. The third-order valence-electron chi connectivity index (χ3n) is 4.28. The lowest BCUT2D eigenvalue weighted by atomic mass is 10.1. The van der Waals surface area contributed by atoms with E-state index in [4.69, 9.17) is 9.47 Å². The molecule has 10 heteroatoms. The topological polar surface area (TPSA) is 75.1 Å². The molecular weight excluding hydrogens is 538 g/mol. The number of guanidine groups is 1. The van der Waals surface area contributed by atoms with Gasteiger partial charge in [-0.25, -0.2) is 4.99 Å². The van der Waals surface area contributed by atoms with E-state index in [-0.39, 0.29) is 42.0 Å². The molecule has 0 amide bonds. The molecule has 0 aliphatic heterocycles. The number of aliphatic hydroxyl groups is 1. The smallest absolute Gasteiger partial charge is 0.422 e. The van der Waals surface area contributed by atoms with Gasteiger partial charge >= 0.3 is 6.18 Å². The van der Waals surface area contributed by atoms with Gasteiger partial charge in [0.25, 0.3) is 0 Å². The molecule has 3 N–H and O–H groups in total.